The maximum atomic E-state index is 10.4. The van der Waals surface area contributed by atoms with Crippen LogP contribution in [0.5, 0.6) is 0 Å². The van der Waals surface area contributed by atoms with Crippen molar-refractivity contribution in [2.45, 2.75) is 0 Å². The summed E-state index contributed by atoms with van der Waals surface area (Å²) in [6.07, 6.45) is 0. The third kappa shape index (κ3) is 3.85. The Morgan fingerprint density at radius 2 is 1.16 bits per heavy atom. The first-order chi connectivity index (χ1) is 24.2. The van der Waals surface area contributed by atoms with Crippen LogP contribution in [0.3, 0.4) is 0 Å². The van der Waals surface area contributed by atoms with Crippen LogP contribution in [-0.4, -0.2) is 9.13 Å². The molecule has 0 fully saturated rings. The van der Waals surface area contributed by atoms with E-state index in [1.165, 1.54) is 0 Å². The number of fused-ring (bicyclic) bond motifs is 9. The molecule has 0 saturated heterocycles. The highest BCUT2D eigenvalue weighted by Gasteiger charge is 2.21. The molecule has 0 bridgehead atoms. The number of nitrogens with zero attached hydrogens (tertiary/aromatic N) is 4. The molecule has 0 radical (unpaired) electrons. The van der Waals surface area contributed by atoms with Crippen LogP contribution in [0.25, 0.3) is 92.9 Å². The van der Waals surface area contributed by atoms with Crippen LogP contribution >= 0.6 is 0 Å². The zero-order valence-electron chi connectivity index (χ0n) is 26.1. The maximum absolute atomic E-state index is 10.4. The summed E-state index contributed by atoms with van der Waals surface area (Å²) in [5, 5.41) is 17.0. The van der Waals surface area contributed by atoms with Gasteiger partial charge in [0.1, 0.15) is 11.2 Å². The van der Waals surface area contributed by atoms with Gasteiger partial charge in [0.2, 0.25) is 5.69 Å². The molecular weight excluding hydrogens is 601 g/mol. The number of hydrogen-bond acceptors (Lipinski definition) is 2. The summed E-state index contributed by atoms with van der Waals surface area (Å²) in [7, 11) is 0. The largest absolute Gasteiger partial charge is 0.456 e. The van der Waals surface area contributed by atoms with Crippen LogP contribution in [-0.2, 0) is 0 Å². The molecule has 5 heteroatoms. The van der Waals surface area contributed by atoms with E-state index in [9.17, 15) is 5.26 Å². The highest BCUT2D eigenvalue weighted by molar-refractivity contribution is 6.17. The Morgan fingerprint density at radius 1 is 0.531 bits per heavy atom. The average molecular weight is 625 g/mol. The van der Waals surface area contributed by atoms with E-state index >= 15 is 0 Å². The van der Waals surface area contributed by atoms with Gasteiger partial charge in [-0.3, -0.25) is 0 Å². The van der Waals surface area contributed by atoms with Gasteiger partial charge in [0.25, 0.3) is 0 Å². The van der Waals surface area contributed by atoms with E-state index in [0.717, 1.165) is 88.1 Å². The summed E-state index contributed by atoms with van der Waals surface area (Å²) in [6, 6.07) is 51.8. The lowest BCUT2D eigenvalue weighted by Gasteiger charge is -2.17. The molecule has 3 aromatic heterocycles. The first kappa shape index (κ1) is 27.1. The van der Waals surface area contributed by atoms with Gasteiger partial charge in [-0.1, -0.05) is 91.0 Å². The first-order valence-corrected chi connectivity index (χ1v) is 16.1. The van der Waals surface area contributed by atoms with Crippen molar-refractivity contribution < 1.29 is 4.42 Å². The Morgan fingerprint density at radius 3 is 1.86 bits per heavy atom. The zero-order valence-corrected chi connectivity index (χ0v) is 26.1. The van der Waals surface area contributed by atoms with Gasteiger partial charge in [-0.15, -0.1) is 0 Å². The molecule has 0 atom stereocenters. The van der Waals surface area contributed by atoms with Gasteiger partial charge in [0, 0.05) is 44.1 Å². The van der Waals surface area contributed by atoms with E-state index in [1.54, 1.807) is 0 Å². The minimum atomic E-state index is 0.532. The Bertz CT molecular complexity index is 3030. The summed E-state index contributed by atoms with van der Waals surface area (Å²) in [6.45, 7) is 8.23. The number of rotatable bonds is 3. The van der Waals surface area contributed by atoms with Crippen LogP contribution in [0, 0.1) is 17.9 Å². The molecule has 0 aliphatic carbocycles. The molecule has 0 unspecified atom stereocenters. The minimum Gasteiger partial charge on any atom is -0.456 e. The van der Waals surface area contributed by atoms with Crippen molar-refractivity contribution in [3.8, 4) is 28.6 Å². The number of aromatic nitrogens is 2. The summed E-state index contributed by atoms with van der Waals surface area (Å²) in [4.78, 5) is 4.02. The van der Waals surface area contributed by atoms with E-state index < -0.39 is 0 Å². The number of hydrogen-bond donors (Lipinski definition) is 0. The molecule has 0 N–H and O–H groups in total. The molecule has 3 heterocycles. The molecule has 5 nitrogen and oxygen atoms in total. The van der Waals surface area contributed by atoms with Gasteiger partial charge in [-0.2, -0.15) is 5.26 Å². The van der Waals surface area contributed by atoms with E-state index in [2.05, 4.69) is 92.8 Å². The average Bonchev–Trinajstić information content (AvgIpc) is 3.80. The van der Waals surface area contributed by atoms with Crippen LogP contribution < -0.4 is 0 Å². The van der Waals surface area contributed by atoms with Crippen LogP contribution in [0.2, 0.25) is 0 Å². The molecule has 226 valence electrons. The van der Waals surface area contributed by atoms with Crippen molar-refractivity contribution in [3.63, 3.8) is 0 Å². The third-order valence-electron chi connectivity index (χ3n) is 9.73. The Hall–Kier alpha value is -7.08. The predicted octanol–water partition coefficient (Wildman–Crippen LogP) is 11.9. The zero-order chi connectivity index (χ0) is 32.6. The molecule has 49 heavy (non-hydrogen) atoms. The summed E-state index contributed by atoms with van der Waals surface area (Å²) < 4.78 is 10.8. The second-order valence-electron chi connectivity index (χ2n) is 12.4. The summed E-state index contributed by atoms with van der Waals surface area (Å²) >= 11 is 0. The fraction of sp³-hybridized carbons (Fsp3) is 0. The SMILES string of the molecule is [C-]#[N+]c1cccc(-c2cc(C#N)cc(-n3c4ccccc4c4cc5c(cc43)oc3ccccc35)c2)c1-n1c2ccccc2c2ccccc21. The lowest BCUT2D eigenvalue weighted by atomic mass is 9.99. The molecule has 10 aromatic rings. The molecule has 0 aliphatic rings. The van der Waals surface area contributed by atoms with Crippen molar-refractivity contribution in [1.82, 2.24) is 9.13 Å². The Labute approximate surface area is 280 Å². The fourth-order valence-corrected chi connectivity index (χ4v) is 7.68. The highest BCUT2D eigenvalue weighted by atomic mass is 16.3. The van der Waals surface area contributed by atoms with Crippen molar-refractivity contribution in [1.29, 1.82) is 5.26 Å². The normalized spacial score (nSPS) is 11.6. The minimum absolute atomic E-state index is 0.532. The lowest BCUT2D eigenvalue weighted by molar-refractivity contribution is 0.669. The number of furan rings is 1. The summed E-state index contributed by atoms with van der Waals surface area (Å²) in [5.74, 6) is 0. The van der Waals surface area contributed by atoms with E-state index in [-0.39, 0.29) is 0 Å². The molecule has 0 saturated carbocycles. The van der Waals surface area contributed by atoms with Crippen LogP contribution in [0.4, 0.5) is 5.69 Å². The molecule has 7 aromatic carbocycles. The Kier molecular flexibility index (Phi) is 5.64. The second-order valence-corrected chi connectivity index (χ2v) is 12.4. The molecule has 0 amide bonds. The predicted molar refractivity (Wildman–Crippen MR) is 199 cm³/mol. The Balaban J connectivity index is 1.28. The number of nitriles is 1. The van der Waals surface area contributed by atoms with Gasteiger partial charge < -0.3 is 13.6 Å². The van der Waals surface area contributed by atoms with E-state index in [1.807, 2.05) is 72.8 Å². The van der Waals surface area contributed by atoms with Crippen molar-refractivity contribution in [2.24, 2.45) is 0 Å². The monoisotopic (exact) mass is 624 g/mol. The molecule has 0 spiro atoms. The van der Waals surface area contributed by atoms with Gasteiger partial charge in [0.15, 0.2) is 0 Å². The van der Waals surface area contributed by atoms with Crippen molar-refractivity contribution in [3.05, 3.63) is 163 Å². The molecule has 10 rings (SSSR count). The quantitative estimate of drug-likeness (QED) is 0.184. The number of benzene rings is 7. The highest BCUT2D eigenvalue weighted by Crippen LogP contribution is 2.43. The standard InChI is InChI=1S/C44H24N4O/c1-46-37-16-10-15-30(44(37)48-39-18-7-2-11-31(39)32-12-3-8-19-40(32)48)28-21-27(26-45)22-29(23-28)47-38-17-6-4-13-33(38)35-24-36-34-14-5-9-20-42(34)49-43(36)25-41(35)47/h2-25H. The molecular formula is C44H24N4O. The van der Waals surface area contributed by atoms with Crippen molar-refractivity contribution >= 4 is 71.2 Å². The lowest BCUT2D eigenvalue weighted by Crippen LogP contribution is -2.00. The topological polar surface area (TPSA) is 51.1 Å². The van der Waals surface area contributed by atoms with Crippen LogP contribution in [0.1, 0.15) is 5.56 Å². The smallest absolute Gasteiger partial charge is 0.211 e. The van der Waals surface area contributed by atoms with E-state index in [0.29, 0.717) is 11.3 Å². The van der Waals surface area contributed by atoms with Gasteiger partial charge >= 0.3 is 0 Å². The maximum Gasteiger partial charge on any atom is 0.211 e. The third-order valence-corrected chi connectivity index (χ3v) is 9.73. The second kappa shape index (κ2) is 10.2. The summed E-state index contributed by atoms with van der Waals surface area (Å²) in [5.41, 5.74) is 10.2. The fourth-order valence-electron chi connectivity index (χ4n) is 7.68. The van der Waals surface area contributed by atoms with Gasteiger partial charge in [-0.05, 0) is 59.7 Å². The van der Waals surface area contributed by atoms with Gasteiger partial charge in [0.05, 0.1) is 46.0 Å². The van der Waals surface area contributed by atoms with Crippen molar-refractivity contribution in [2.75, 3.05) is 0 Å². The van der Waals surface area contributed by atoms with E-state index in [4.69, 9.17) is 11.0 Å². The first-order valence-electron chi connectivity index (χ1n) is 16.1. The molecule has 0 aliphatic heterocycles. The number of para-hydroxylation sites is 5. The van der Waals surface area contributed by atoms with Gasteiger partial charge in [-0.25, -0.2) is 4.85 Å². The van der Waals surface area contributed by atoms with Crippen LogP contribution in [0.15, 0.2) is 150 Å².